The van der Waals surface area contributed by atoms with Gasteiger partial charge in [-0.3, -0.25) is 23.4 Å². The second kappa shape index (κ2) is 8.56. The Balaban J connectivity index is 1.57. The lowest BCUT2D eigenvalue weighted by Gasteiger charge is -2.37. The minimum Gasteiger partial charge on any atom is -0.491 e. The average molecular weight is 452 g/mol. The van der Waals surface area contributed by atoms with Crippen molar-refractivity contribution in [3.63, 3.8) is 0 Å². The van der Waals surface area contributed by atoms with Gasteiger partial charge < -0.3 is 21.1 Å². The van der Waals surface area contributed by atoms with Gasteiger partial charge in [-0.2, -0.15) is 0 Å². The van der Waals surface area contributed by atoms with Crippen LogP contribution in [0, 0.1) is 5.41 Å². The Hall–Kier alpha value is -2.50. The third-order valence-electron chi connectivity index (χ3n) is 6.10. The first-order valence-corrected chi connectivity index (χ1v) is 12.1. The largest absolute Gasteiger partial charge is 0.491 e. The van der Waals surface area contributed by atoms with Crippen LogP contribution in [0.15, 0.2) is 22.6 Å². The van der Waals surface area contributed by atoms with Crippen LogP contribution in [0.4, 0.5) is 5.69 Å². The number of amides is 2. The standard InChI is InChI=1S/C20H29N5O5S/c21-17-16-14(24-31(28,29)25-17)8-4-9-15(16)30-12-20(10-5-11-22-18(20)26)19(27)23-13-6-2-1-3-7-13/h4,8-9,13,24,28-29H,1-3,5-7,10-12H2,(H2,21,25)(H,22,26)(H,23,27). The quantitative estimate of drug-likeness (QED) is 0.374. The zero-order valence-corrected chi connectivity index (χ0v) is 18.0. The predicted octanol–water partition coefficient (Wildman–Crippen LogP) is 2.12. The number of piperidine rings is 1. The van der Waals surface area contributed by atoms with Crippen LogP contribution < -0.4 is 25.8 Å². The van der Waals surface area contributed by atoms with Gasteiger partial charge in [-0.1, -0.05) is 25.3 Å². The fraction of sp³-hybridized carbons (Fsp3) is 0.550. The molecule has 1 unspecified atom stereocenters. The molecule has 1 saturated heterocycles. The van der Waals surface area contributed by atoms with Gasteiger partial charge in [0, 0.05) is 12.6 Å². The van der Waals surface area contributed by atoms with E-state index in [9.17, 15) is 18.7 Å². The number of hydrogen-bond acceptors (Lipinski definition) is 8. The van der Waals surface area contributed by atoms with Gasteiger partial charge in [0.25, 0.3) is 0 Å². The molecule has 170 valence electrons. The van der Waals surface area contributed by atoms with Gasteiger partial charge in [-0.15, -0.1) is 4.40 Å². The minimum atomic E-state index is -3.42. The van der Waals surface area contributed by atoms with Gasteiger partial charge in [-0.25, -0.2) is 0 Å². The van der Waals surface area contributed by atoms with E-state index in [1.165, 1.54) is 6.42 Å². The van der Waals surface area contributed by atoms with E-state index >= 15 is 0 Å². The molecule has 3 aliphatic rings. The van der Waals surface area contributed by atoms with Crippen molar-refractivity contribution in [1.82, 2.24) is 10.6 Å². The van der Waals surface area contributed by atoms with Gasteiger partial charge >= 0.3 is 0 Å². The summed E-state index contributed by atoms with van der Waals surface area (Å²) in [5.74, 6) is -0.427. The third-order valence-corrected chi connectivity index (χ3v) is 7.05. The summed E-state index contributed by atoms with van der Waals surface area (Å²) in [6.07, 6.45) is 6.20. The van der Waals surface area contributed by atoms with Crippen LogP contribution in [0.1, 0.15) is 50.5 Å². The number of benzene rings is 1. The smallest absolute Gasteiger partial charge is 0.239 e. The van der Waals surface area contributed by atoms with Crippen LogP contribution in [-0.4, -0.2) is 45.9 Å². The summed E-state index contributed by atoms with van der Waals surface area (Å²) in [5, 5.41) is 5.88. The Bertz CT molecular complexity index is 902. The topological polar surface area (TPSA) is 158 Å². The van der Waals surface area contributed by atoms with Crippen molar-refractivity contribution >= 4 is 34.3 Å². The molecule has 0 spiro atoms. The molecule has 11 heteroatoms. The predicted molar refractivity (Wildman–Crippen MR) is 119 cm³/mol. The number of hydrogen-bond donors (Lipinski definition) is 6. The van der Waals surface area contributed by atoms with Gasteiger partial charge in [0.1, 0.15) is 12.4 Å². The Kier molecular flexibility index (Phi) is 6.00. The molecule has 0 bridgehead atoms. The van der Waals surface area contributed by atoms with E-state index < -0.39 is 16.4 Å². The molecule has 4 rings (SSSR count). The molecular weight excluding hydrogens is 422 g/mol. The highest BCUT2D eigenvalue weighted by molar-refractivity contribution is 8.24. The number of fused-ring (bicyclic) bond motifs is 1. The lowest BCUT2D eigenvalue weighted by molar-refractivity contribution is -0.149. The van der Waals surface area contributed by atoms with Crippen LogP contribution in [-0.2, 0) is 9.59 Å². The molecule has 2 fully saturated rings. The molecule has 31 heavy (non-hydrogen) atoms. The third kappa shape index (κ3) is 4.43. The highest BCUT2D eigenvalue weighted by Crippen LogP contribution is 2.47. The molecule has 0 aromatic heterocycles. The second-order valence-corrected chi connectivity index (χ2v) is 9.74. The fourth-order valence-corrected chi connectivity index (χ4v) is 5.30. The van der Waals surface area contributed by atoms with Gasteiger partial charge in [-0.05, 0) is 48.8 Å². The molecule has 0 radical (unpaired) electrons. The van der Waals surface area contributed by atoms with E-state index in [1.54, 1.807) is 18.2 Å². The van der Waals surface area contributed by atoms with Crippen molar-refractivity contribution in [3.05, 3.63) is 23.8 Å². The molecule has 1 aromatic rings. The highest BCUT2D eigenvalue weighted by Gasteiger charge is 2.49. The Labute approximate surface area is 182 Å². The first-order valence-electron chi connectivity index (χ1n) is 10.6. The second-order valence-electron chi connectivity index (χ2n) is 8.31. The number of nitrogens with one attached hydrogen (secondary N) is 3. The number of amidine groups is 1. The fourth-order valence-electron chi connectivity index (χ4n) is 4.42. The summed E-state index contributed by atoms with van der Waals surface area (Å²) >= 11 is 0. The van der Waals surface area contributed by atoms with E-state index in [0.29, 0.717) is 36.4 Å². The molecule has 1 atom stereocenters. The van der Waals surface area contributed by atoms with Crippen LogP contribution in [0.5, 0.6) is 5.75 Å². The molecular formula is C20H29N5O5S. The minimum absolute atomic E-state index is 0.0783. The Morgan fingerprint density at radius 3 is 2.81 bits per heavy atom. The lowest BCUT2D eigenvalue weighted by Crippen LogP contribution is -2.59. The molecule has 10 nitrogen and oxygen atoms in total. The monoisotopic (exact) mass is 451 g/mol. The van der Waals surface area contributed by atoms with Crippen LogP contribution in [0.2, 0.25) is 0 Å². The number of anilines is 1. The van der Waals surface area contributed by atoms with Crippen molar-refractivity contribution in [2.75, 3.05) is 17.9 Å². The van der Waals surface area contributed by atoms with E-state index in [2.05, 4.69) is 19.8 Å². The maximum atomic E-state index is 13.3. The summed E-state index contributed by atoms with van der Waals surface area (Å²) in [7, 11) is -3.42. The number of rotatable bonds is 5. The lowest BCUT2D eigenvalue weighted by atomic mass is 9.79. The van der Waals surface area contributed by atoms with Crippen LogP contribution in [0.3, 0.4) is 0 Å². The summed E-state index contributed by atoms with van der Waals surface area (Å²) in [4.78, 5) is 26.2. The van der Waals surface area contributed by atoms with Crippen molar-refractivity contribution < 1.29 is 23.4 Å². The van der Waals surface area contributed by atoms with Crippen molar-refractivity contribution in [2.45, 2.75) is 51.0 Å². The Morgan fingerprint density at radius 1 is 1.29 bits per heavy atom. The molecule has 2 amide bonds. The maximum absolute atomic E-state index is 13.3. The van der Waals surface area contributed by atoms with Gasteiger partial charge in [0.15, 0.2) is 11.3 Å². The normalized spacial score (nSPS) is 26.5. The molecule has 7 N–H and O–H groups in total. The number of nitrogens with two attached hydrogens (primary N) is 1. The van der Waals surface area contributed by atoms with E-state index in [1.807, 2.05) is 0 Å². The molecule has 2 aliphatic heterocycles. The van der Waals surface area contributed by atoms with Crippen molar-refractivity contribution in [1.29, 1.82) is 0 Å². The van der Waals surface area contributed by atoms with E-state index in [0.717, 1.165) is 25.7 Å². The first kappa shape index (κ1) is 21.7. The summed E-state index contributed by atoms with van der Waals surface area (Å²) in [6, 6.07) is 5.00. The summed E-state index contributed by atoms with van der Waals surface area (Å²) in [6.45, 7) is 0.372. The highest BCUT2D eigenvalue weighted by atomic mass is 32.3. The van der Waals surface area contributed by atoms with Crippen molar-refractivity contribution in [2.24, 2.45) is 15.5 Å². The summed E-state index contributed by atoms with van der Waals surface area (Å²) in [5.41, 5.74) is 5.34. The zero-order valence-electron chi connectivity index (χ0n) is 17.2. The molecule has 1 saturated carbocycles. The van der Waals surface area contributed by atoms with E-state index in [-0.39, 0.29) is 30.3 Å². The van der Waals surface area contributed by atoms with Gasteiger partial charge in [0.05, 0.1) is 11.3 Å². The summed E-state index contributed by atoms with van der Waals surface area (Å²) < 4.78 is 31.9. The maximum Gasteiger partial charge on any atom is 0.239 e. The van der Waals surface area contributed by atoms with Crippen LogP contribution in [0.25, 0.3) is 0 Å². The number of carbonyl (C=O) groups excluding carboxylic acids is 2. The van der Waals surface area contributed by atoms with Gasteiger partial charge in [0.2, 0.25) is 11.8 Å². The van der Waals surface area contributed by atoms with Crippen molar-refractivity contribution in [3.8, 4) is 5.75 Å². The molecule has 1 aliphatic carbocycles. The zero-order chi connectivity index (χ0) is 22.1. The average Bonchev–Trinajstić information content (AvgIpc) is 2.73. The SMILES string of the molecule is NC1=NS(O)(O)Nc2cccc(OCC3(C(=O)NC4CCCCC4)CCCNC3=O)c21. The Morgan fingerprint density at radius 2 is 2.06 bits per heavy atom. The number of ether oxygens (including phenoxy) is 1. The number of carbonyl (C=O) groups is 2. The number of nitrogens with zero attached hydrogens (tertiary/aromatic N) is 1. The molecule has 2 heterocycles. The molecule has 1 aromatic carbocycles. The first-order chi connectivity index (χ1) is 14.8. The van der Waals surface area contributed by atoms with Crippen LogP contribution >= 0.6 is 11.0 Å². The van der Waals surface area contributed by atoms with E-state index in [4.69, 9.17) is 10.5 Å².